The van der Waals surface area contributed by atoms with Crippen LogP contribution in [0.1, 0.15) is 29.8 Å². The molecule has 3 aromatic carbocycles. The summed E-state index contributed by atoms with van der Waals surface area (Å²) in [5.74, 6) is 0.408. The fraction of sp³-hybridized carbons (Fsp3) is 0.250. The molecule has 1 heterocycles. The van der Waals surface area contributed by atoms with Crippen molar-refractivity contribution >= 4 is 5.69 Å². The summed E-state index contributed by atoms with van der Waals surface area (Å²) in [6, 6.07) is 21.2. The average molecular weight is 419 g/mol. The molecule has 1 saturated heterocycles. The van der Waals surface area contributed by atoms with E-state index >= 15 is 0 Å². The lowest BCUT2D eigenvalue weighted by Gasteiger charge is -2.32. The average Bonchev–Trinajstić information content (AvgIpc) is 3.06. The highest BCUT2D eigenvalue weighted by Gasteiger charge is 2.41. The van der Waals surface area contributed by atoms with Gasteiger partial charge in [-0.15, -0.1) is 0 Å². The smallest absolute Gasteiger partial charge is 0.275 e. The van der Waals surface area contributed by atoms with Gasteiger partial charge in [0, 0.05) is 42.9 Å². The Hall–Kier alpha value is -3.42. The van der Waals surface area contributed by atoms with E-state index in [0.717, 1.165) is 11.1 Å². The van der Waals surface area contributed by atoms with E-state index in [2.05, 4.69) is 16.7 Å². The van der Waals surface area contributed by atoms with E-state index in [1.54, 1.807) is 36.4 Å². The minimum Gasteiger partial charge on any atom is -0.508 e. The molecular weight excluding hydrogens is 394 g/mol. The van der Waals surface area contributed by atoms with E-state index in [4.69, 9.17) is 0 Å². The van der Waals surface area contributed by atoms with Gasteiger partial charge in [-0.3, -0.25) is 19.9 Å². The Morgan fingerprint density at radius 3 is 2.06 bits per heavy atom. The number of hydrogen-bond donors (Lipinski definition) is 2. The maximum absolute atomic E-state index is 11.8. The molecule has 1 aliphatic rings. The summed E-state index contributed by atoms with van der Waals surface area (Å²) in [5, 5.41) is 32.4. The summed E-state index contributed by atoms with van der Waals surface area (Å²) in [4.78, 5) is 15.7. The van der Waals surface area contributed by atoms with Gasteiger partial charge in [0.15, 0.2) is 0 Å². The molecule has 7 heteroatoms. The zero-order valence-corrected chi connectivity index (χ0v) is 17.3. The number of hydrogen-bond acceptors (Lipinski definition) is 6. The van der Waals surface area contributed by atoms with Crippen LogP contribution in [-0.4, -0.2) is 37.5 Å². The van der Waals surface area contributed by atoms with Gasteiger partial charge in [0.05, 0.1) is 16.7 Å². The number of para-hydroxylation sites is 3. The Bertz CT molecular complexity index is 1090. The molecule has 3 aromatic rings. The number of phenolic OH excluding ortho intramolecular Hbond substituents is 2. The molecule has 1 fully saturated rings. The number of nitrogens with zero attached hydrogens (tertiary/aromatic N) is 3. The van der Waals surface area contributed by atoms with E-state index in [1.807, 2.05) is 30.3 Å². The predicted molar refractivity (Wildman–Crippen MR) is 117 cm³/mol. The lowest BCUT2D eigenvalue weighted by molar-refractivity contribution is -0.386. The molecule has 0 aliphatic carbocycles. The highest BCUT2D eigenvalue weighted by molar-refractivity contribution is 5.43. The van der Waals surface area contributed by atoms with Crippen molar-refractivity contribution in [3.63, 3.8) is 0 Å². The first-order chi connectivity index (χ1) is 15.0. The molecule has 0 aromatic heterocycles. The minimum atomic E-state index is -0.379. The molecule has 0 spiro atoms. The van der Waals surface area contributed by atoms with Crippen LogP contribution >= 0.6 is 0 Å². The Labute approximate surface area is 180 Å². The summed E-state index contributed by atoms with van der Waals surface area (Å²) in [5.41, 5.74) is 2.19. The molecule has 2 N–H and O–H groups in total. The van der Waals surface area contributed by atoms with Crippen molar-refractivity contribution in [2.45, 2.75) is 32.2 Å². The van der Waals surface area contributed by atoms with Gasteiger partial charge < -0.3 is 10.2 Å². The second-order valence-electron chi connectivity index (χ2n) is 7.90. The number of benzene rings is 3. The first-order valence-corrected chi connectivity index (χ1v) is 10.2. The zero-order chi connectivity index (χ0) is 22.0. The van der Waals surface area contributed by atoms with Crippen LogP contribution in [-0.2, 0) is 13.1 Å². The number of phenols is 2. The molecule has 0 radical (unpaired) electrons. The number of rotatable bonds is 6. The number of aromatic hydroxyl groups is 2. The maximum Gasteiger partial charge on any atom is 0.275 e. The van der Waals surface area contributed by atoms with Crippen LogP contribution in [0, 0.1) is 10.1 Å². The van der Waals surface area contributed by atoms with Crippen molar-refractivity contribution in [1.29, 1.82) is 0 Å². The van der Waals surface area contributed by atoms with E-state index in [9.17, 15) is 20.3 Å². The third-order valence-corrected chi connectivity index (χ3v) is 5.85. The van der Waals surface area contributed by atoms with Crippen molar-refractivity contribution in [3.05, 3.63) is 99.6 Å². The van der Waals surface area contributed by atoms with Crippen LogP contribution in [0.2, 0.25) is 0 Å². The molecule has 0 amide bonds. The van der Waals surface area contributed by atoms with Crippen LogP contribution in [0.5, 0.6) is 11.5 Å². The van der Waals surface area contributed by atoms with E-state index < -0.39 is 0 Å². The first-order valence-electron chi connectivity index (χ1n) is 10.2. The zero-order valence-electron chi connectivity index (χ0n) is 17.3. The van der Waals surface area contributed by atoms with Crippen LogP contribution in [0.15, 0.2) is 72.8 Å². The summed E-state index contributed by atoms with van der Waals surface area (Å²) in [7, 11) is 0. The third kappa shape index (κ3) is 4.23. The van der Waals surface area contributed by atoms with Gasteiger partial charge in [0.1, 0.15) is 11.5 Å². The van der Waals surface area contributed by atoms with Crippen LogP contribution in [0.4, 0.5) is 5.69 Å². The summed E-state index contributed by atoms with van der Waals surface area (Å²) >= 11 is 0. The molecule has 0 saturated carbocycles. The topological polar surface area (TPSA) is 90.1 Å². The quantitative estimate of drug-likeness (QED) is 0.454. The number of nitro groups is 1. The molecule has 2 atom stereocenters. The van der Waals surface area contributed by atoms with Gasteiger partial charge in [-0.1, -0.05) is 48.5 Å². The van der Waals surface area contributed by atoms with Crippen molar-refractivity contribution in [2.24, 2.45) is 0 Å². The van der Waals surface area contributed by atoms with Crippen LogP contribution in [0.25, 0.3) is 0 Å². The second-order valence-corrected chi connectivity index (χ2v) is 7.90. The van der Waals surface area contributed by atoms with E-state index in [-0.39, 0.29) is 34.3 Å². The molecule has 160 valence electrons. The monoisotopic (exact) mass is 419 g/mol. The first kappa shape index (κ1) is 20.8. The summed E-state index contributed by atoms with van der Waals surface area (Å²) < 4.78 is 0. The molecule has 0 bridgehead atoms. The van der Waals surface area contributed by atoms with Crippen molar-refractivity contribution < 1.29 is 15.1 Å². The second kappa shape index (κ2) is 8.75. The molecule has 4 rings (SSSR count). The van der Waals surface area contributed by atoms with Gasteiger partial charge >= 0.3 is 0 Å². The van der Waals surface area contributed by atoms with Crippen molar-refractivity contribution in [2.75, 3.05) is 6.54 Å². The highest BCUT2D eigenvalue weighted by atomic mass is 16.6. The molecule has 2 unspecified atom stereocenters. The largest absolute Gasteiger partial charge is 0.508 e. The SMILES string of the molecule is CC1CN(Cc2ccccc2O)C(c2ccccc2[N+](=O)[O-])N1Cc1ccccc1O. The maximum atomic E-state index is 11.8. The predicted octanol–water partition coefficient (Wildman–Crippen LogP) is 4.41. The third-order valence-electron chi connectivity index (χ3n) is 5.85. The van der Waals surface area contributed by atoms with Gasteiger partial charge in [-0.05, 0) is 25.1 Å². The van der Waals surface area contributed by atoms with Gasteiger partial charge in [0.2, 0.25) is 0 Å². The Kier molecular flexibility index (Phi) is 5.88. The van der Waals surface area contributed by atoms with Crippen molar-refractivity contribution in [1.82, 2.24) is 9.80 Å². The van der Waals surface area contributed by atoms with Gasteiger partial charge in [0.25, 0.3) is 5.69 Å². The van der Waals surface area contributed by atoms with Crippen molar-refractivity contribution in [3.8, 4) is 11.5 Å². The molecule has 7 nitrogen and oxygen atoms in total. The minimum absolute atomic E-state index is 0.0613. The Morgan fingerprint density at radius 1 is 0.903 bits per heavy atom. The Balaban J connectivity index is 1.76. The summed E-state index contributed by atoms with van der Waals surface area (Å²) in [6.45, 7) is 3.64. The van der Waals surface area contributed by atoms with Crippen LogP contribution < -0.4 is 0 Å². The molecule has 1 aliphatic heterocycles. The van der Waals surface area contributed by atoms with Crippen LogP contribution in [0.3, 0.4) is 0 Å². The lowest BCUT2D eigenvalue weighted by atomic mass is 10.1. The van der Waals surface area contributed by atoms with E-state index in [1.165, 1.54) is 6.07 Å². The van der Waals surface area contributed by atoms with Gasteiger partial charge in [-0.25, -0.2) is 0 Å². The summed E-state index contributed by atoms with van der Waals surface area (Å²) in [6.07, 6.45) is -0.379. The highest BCUT2D eigenvalue weighted by Crippen LogP contribution is 2.40. The lowest BCUT2D eigenvalue weighted by Crippen LogP contribution is -2.33. The van der Waals surface area contributed by atoms with E-state index in [0.29, 0.717) is 25.2 Å². The normalized spacial score (nSPS) is 19.5. The van der Waals surface area contributed by atoms with Gasteiger partial charge in [-0.2, -0.15) is 0 Å². The Morgan fingerprint density at radius 2 is 1.45 bits per heavy atom. The molecular formula is C24H25N3O4. The fourth-order valence-corrected chi connectivity index (χ4v) is 4.34. The standard InChI is InChI=1S/C24H25N3O4/c1-17-14-25(15-18-8-2-6-12-22(18)28)24(20-10-4-5-11-21(20)27(30)31)26(17)16-19-9-3-7-13-23(19)29/h2-13,17,24,28-29H,14-16H2,1H3. The number of nitro benzene ring substituents is 1. The molecule has 31 heavy (non-hydrogen) atoms. The fourth-order valence-electron chi connectivity index (χ4n) is 4.34.